The van der Waals surface area contributed by atoms with Crippen LogP contribution in [0.3, 0.4) is 0 Å². The van der Waals surface area contributed by atoms with E-state index in [1.54, 1.807) is 0 Å². The number of nitroso groups, excluding NO2 is 1. The van der Waals surface area contributed by atoms with E-state index in [9.17, 15) is 18.1 Å². The minimum absolute atomic E-state index is 0.146. The molecule has 1 aromatic rings. The molecule has 1 unspecified atom stereocenters. The van der Waals surface area contributed by atoms with E-state index in [0.717, 1.165) is 16.4 Å². The highest BCUT2D eigenvalue weighted by molar-refractivity contribution is 7.89. The second-order valence-corrected chi connectivity index (χ2v) is 8.19. The van der Waals surface area contributed by atoms with E-state index in [-0.39, 0.29) is 4.90 Å². The normalized spacial score (nSPS) is 21.0. The average molecular weight is 338 g/mol. The van der Waals surface area contributed by atoms with E-state index in [1.165, 1.54) is 20.2 Å². The summed E-state index contributed by atoms with van der Waals surface area (Å²) in [5.74, 6) is -0.504. The zero-order valence-corrected chi connectivity index (χ0v) is 14.0. The molecule has 0 bridgehead atoms. The number of fused-ring (bicyclic) bond motifs is 3. The number of nitrogens with one attached hydrogen (secondary N) is 1. The Hall–Kier alpha value is -1.84. The van der Waals surface area contributed by atoms with Crippen LogP contribution in [0.4, 0.5) is 5.69 Å². The van der Waals surface area contributed by atoms with Crippen LogP contribution >= 0.6 is 0 Å². The number of carbonyl (C=O) groups excluding carboxylic acids is 1. The SMILES string of the molecule is CN1CCc2c(c(S(=O)(=O)N(C)C)cc3c2NC(=O)C3N=O)C1. The number of carbonyl (C=O) groups is 1. The van der Waals surface area contributed by atoms with Crippen molar-refractivity contribution < 1.29 is 13.2 Å². The highest BCUT2D eigenvalue weighted by Crippen LogP contribution is 2.42. The molecule has 8 nitrogen and oxygen atoms in total. The minimum Gasteiger partial charge on any atom is -0.323 e. The number of anilines is 1. The lowest BCUT2D eigenvalue weighted by molar-refractivity contribution is -0.116. The van der Waals surface area contributed by atoms with Gasteiger partial charge in [-0.05, 0) is 30.7 Å². The molecule has 0 spiro atoms. The number of likely N-dealkylation sites (N-methyl/N-ethyl adjacent to an activating group) is 1. The average Bonchev–Trinajstić information content (AvgIpc) is 2.81. The van der Waals surface area contributed by atoms with Crippen molar-refractivity contribution in [2.24, 2.45) is 5.18 Å². The van der Waals surface area contributed by atoms with Crippen LogP contribution in [-0.2, 0) is 27.8 Å². The molecule has 0 saturated heterocycles. The quantitative estimate of drug-likeness (QED) is 0.817. The number of hydrogen-bond acceptors (Lipinski definition) is 6. The number of benzene rings is 1. The molecular weight excluding hydrogens is 320 g/mol. The summed E-state index contributed by atoms with van der Waals surface area (Å²) in [6.07, 6.45) is 0.608. The molecule has 2 aliphatic rings. The Labute approximate surface area is 134 Å². The van der Waals surface area contributed by atoms with Crippen molar-refractivity contribution in [2.45, 2.75) is 23.9 Å². The van der Waals surface area contributed by atoms with E-state index in [1.807, 2.05) is 11.9 Å². The van der Waals surface area contributed by atoms with E-state index in [2.05, 4.69) is 10.5 Å². The Morgan fingerprint density at radius 1 is 1.35 bits per heavy atom. The predicted molar refractivity (Wildman–Crippen MR) is 84.5 cm³/mol. The van der Waals surface area contributed by atoms with Crippen LogP contribution in [0.2, 0.25) is 0 Å². The third kappa shape index (κ3) is 2.35. The van der Waals surface area contributed by atoms with Crippen molar-refractivity contribution in [2.75, 3.05) is 33.0 Å². The van der Waals surface area contributed by atoms with Gasteiger partial charge in [-0.1, -0.05) is 5.18 Å². The maximum Gasteiger partial charge on any atom is 0.257 e. The molecule has 0 aliphatic carbocycles. The zero-order valence-electron chi connectivity index (χ0n) is 13.2. The predicted octanol–water partition coefficient (Wildman–Crippen LogP) is 0.684. The number of amides is 1. The van der Waals surface area contributed by atoms with Crippen LogP contribution in [0.25, 0.3) is 0 Å². The van der Waals surface area contributed by atoms with Gasteiger partial charge >= 0.3 is 0 Å². The third-order valence-corrected chi connectivity index (χ3v) is 6.25. The molecule has 1 aromatic carbocycles. The van der Waals surface area contributed by atoms with E-state index in [0.29, 0.717) is 29.8 Å². The lowest BCUT2D eigenvalue weighted by Crippen LogP contribution is -2.31. The summed E-state index contributed by atoms with van der Waals surface area (Å²) in [6.45, 7) is 1.22. The Kier molecular flexibility index (Phi) is 3.74. The van der Waals surface area contributed by atoms with Crippen LogP contribution in [0.1, 0.15) is 22.7 Å². The molecule has 124 valence electrons. The molecule has 0 saturated carbocycles. The van der Waals surface area contributed by atoms with Gasteiger partial charge < -0.3 is 10.2 Å². The van der Waals surface area contributed by atoms with Gasteiger partial charge in [-0.2, -0.15) is 0 Å². The molecule has 23 heavy (non-hydrogen) atoms. The summed E-state index contributed by atoms with van der Waals surface area (Å²) in [7, 11) is 1.14. The van der Waals surface area contributed by atoms with Crippen LogP contribution in [0.5, 0.6) is 0 Å². The van der Waals surface area contributed by atoms with Crippen LogP contribution in [-0.4, -0.2) is 51.2 Å². The standard InChI is InChI=1S/C14H18N4O4S/c1-17(2)23(21,22)11-6-9-12(15-14(19)13(9)16-20)8-4-5-18(3)7-10(8)11/h6,13H,4-5,7H2,1-3H3,(H,15,19). The lowest BCUT2D eigenvalue weighted by Gasteiger charge is -2.29. The summed E-state index contributed by atoms with van der Waals surface area (Å²) >= 11 is 0. The van der Waals surface area contributed by atoms with Gasteiger partial charge in [-0.3, -0.25) is 4.79 Å². The van der Waals surface area contributed by atoms with Gasteiger partial charge in [0.15, 0.2) is 6.04 Å². The van der Waals surface area contributed by atoms with Crippen molar-refractivity contribution in [1.82, 2.24) is 9.21 Å². The monoisotopic (exact) mass is 338 g/mol. The van der Waals surface area contributed by atoms with E-state index < -0.39 is 22.0 Å². The van der Waals surface area contributed by atoms with Gasteiger partial charge in [-0.15, -0.1) is 4.91 Å². The van der Waals surface area contributed by atoms with Crippen LogP contribution < -0.4 is 5.32 Å². The topological polar surface area (TPSA) is 99.2 Å². The van der Waals surface area contributed by atoms with Crippen molar-refractivity contribution in [1.29, 1.82) is 0 Å². The fraction of sp³-hybridized carbons (Fsp3) is 0.500. The fourth-order valence-corrected chi connectivity index (χ4v) is 4.27. The summed E-state index contributed by atoms with van der Waals surface area (Å²) < 4.78 is 26.5. The minimum atomic E-state index is -3.69. The van der Waals surface area contributed by atoms with Gasteiger partial charge in [0.25, 0.3) is 5.91 Å². The maximum absolute atomic E-state index is 12.7. The van der Waals surface area contributed by atoms with Gasteiger partial charge in [0.05, 0.1) is 10.6 Å². The highest BCUT2D eigenvalue weighted by atomic mass is 32.2. The first-order valence-corrected chi connectivity index (χ1v) is 8.64. The van der Waals surface area contributed by atoms with Gasteiger partial charge in [0.2, 0.25) is 10.0 Å². The largest absolute Gasteiger partial charge is 0.323 e. The van der Waals surface area contributed by atoms with Gasteiger partial charge in [0.1, 0.15) is 0 Å². The van der Waals surface area contributed by atoms with Gasteiger partial charge in [0, 0.05) is 32.7 Å². The number of rotatable bonds is 3. The first-order chi connectivity index (χ1) is 10.8. The zero-order chi connectivity index (χ0) is 16.9. The Morgan fingerprint density at radius 3 is 2.65 bits per heavy atom. The fourth-order valence-electron chi connectivity index (χ4n) is 3.10. The van der Waals surface area contributed by atoms with Crippen molar-refractivity contribution in [3.63, 3.8) is 0 Å². The van der Waals surface area contributed by atoms with E-state index >= 15 is 0 Å². The second-order valence-electron chi connectivity index (χ2n) is 6.07. The first-order valence-electron chi connectivity index (χ1n) is 7.20. The molecule has 1 amide bonds. The Morgan fingerprint density at radius 2 is 2.04 bits per heavy atom. The van der Waals surface area contributed by atoms with Crippen molar-refractivity contribution in [3.05, 3.63) is 27.7 Å². The van der Waals surface area contributed by atoms with E-state index in [4.69, 9.17) is 0 Å². The van der Waals surface area contributed by atoms with Crippen LogP contribution in [0.15, 0.2) is 16.1 Å². The number of nitrogens with zero attached hydrogens (tertiary/aromatic N) is 3. The number of sulfonamides is 1. The Balaban J connectivity index is 2.32. The molecule has 0 aromatic heterocycles. The number of hydrogen-bond donors (Lipinski definition) is 1. The third-order valence-electron chi connectivity index (χ3n) is 4.37. The molecule has 2 heterocycles. The van der Waals surface area contributed by atoms with Gasteiger partial charge in [-0.25, -0.2) is 12.7 Å². The highest BCUT2D eigenvalue weighted by Gasteiger charge is 2.38. The molecule has 2 aliphatic heterocycles. The Bertz CT molecular complexity index is 803. The van der Waals surface area contributed by atoms with Crippen LogP contribution in [0, 0.1) is 4.91 Å². The molecule has 0 fully saturated rings. The molecule has 9 heteroatoms. The molecule has 0 radical (unpaired) electrons. The summed E-state index contributed by atoms with van der Waals surface area (Å²) in [5.41, 5.74) is 2.38. The first kappa shape index (κ1) is 16.0. The maximum atomic E-state index is 12.7. The second kappa shape index (κ2) is 5.36. The molecule has 3 rings (SSSR count). The summed E-state index contributed by atoms with van der Waals surface area (Å²) in [6, 6.07) is 0.234. The van der Waals surface area contributed by atoms with Crippen molar-refractivity contribution in [3.8, 4) is 0 Å². The molecule has 1 N–H and O–H groups in total. The smallest absolute Gasteiger partial charge is 0.257 e. The molecule has 1 atom stereocenters. The summed E-state index contributed by atoms with van der Waals surface area (Å²) in [4.78, 5) is 25.1. The summed E-state index contributed by atoms with van der Waals surface area (Å²) in [5, 5.41) is 5.55. The lowest BCUT2D eigenvalue weighted by atomic mass is 9.94. The molecular formula is C14H18N4O4S. The van der Waals surface area contributed by atoms with Crippen molar-refractivity contribution >= 4 is 21.6 Å².